The number of carbonyl (C=O) groups excluding carboxylic acids is 1. The van der Waals surface area contributed by atoms with Crippen molar-refractivity contribution in [3.63, 3.8) is 0 Å². The van der Waals surface area contributed by atoms with Crippen LogP contribution in [0.2, 0.25) is 0 Å². The molecule has 0 atom stereocenters. The molecule has 0 aliphatic rings. The summed E-state index contributed by atoms with van der Waals surface area (Å²) in [5.74, 6) is 1.02. The summed E-state index contributed by atoms with van der Waals surface area (Å²) in [7, 11) is 1.64. The molecule has 1 amide bonds. The highest BCUT2D eigenvalue weighted by molar-refractivity contribution is 8.00. The Morgan fingerprint density at radius 2 is 2.08 bits per heavy atom. The Labute approximate surface area is 148 Å². The fourth-order valence-electron chi connectivity index (χ4n) is 2.26. The van der Waals surface area contributed by atoms with Crippen LogP contribution in [0.15, 0.2) is 34.5 Å². The number of carbonyl (C=O) groups is 1. The Balaban J connectivity index is 1.77. The average Bonchev–Trinajstić information content (AvgIpc) is 2.97. The van der Waals surface area contributed by atoms with E-state index in [1.54, 1.807) is 7.11 Å². The second-order valence-corrected chi connectivity index (χ2v) is 7.15. The van der Waals surface area contributed by atoms with Crippen molar-refractivity contribution in [2.24, 2.45) is 0 Å². The zero-order valence-corrected chi connectivity index (χ0v) is 15.3. The van der Waals surface area contributed by atoms with Gasteiger partial charge in [-0.2, -0.15) is 0 Å². The number of benzene rings is 1. The molecule has 5 nitrogen and oxygen atoms in total. The number of nitrogens with one attached hydrogen (secondary N) is 1. The summed E-state index contributed by atoms with van der Waals surface area (Å²) in [5.41, 5.74) is 2.73. The number of methoxy groups -OCH3 is 1. The van der Waals surface area contributed by atoms with Crippen LogP contribution in [0.3, 0.4) is 0 Å². The number of amides is 1. The Morgan fingerprint density at radius 1 is 1.25 bits per heavy atom. The van der Waals surface area contributed by atoms with Crippen LogP contribution < -0.4 is 10.1 Å². The van der Waals surface area contributed by atoms with Crippen LogP contribution in [-0.2, 0) is 4.79 Å². The molecule has 0 radical (unpaired) electrons. The first-order valence-electron chi connectivity index (χ1n) is 7.35. The molecule has 1 N–H and O–H groups in total. The van der Waals surface area contributed by atoms with Crippen molar-refractivity contribution in [3.05, 3.63) is 41.0 Å². The van der Waals surface area contributed by atoms with Gasteiger partial charge in [-0.1, -0.05) is 0 Å². The second-order valence-electron chi connectivity index (χ2n) is 5.28. The Bertz CT molecular complexity index is 893. The molecule has 0 saturated carbocycles. The molecule has 0 aliphatic heterocycles. The molecule has 0 saturated heterocycles. The fraction of sp³-hybridized carbons (Fsp3) is 0.235. The lowest BCUT2D eigenvalue weighted by Crippen LogP contribution is -2.13. The zero-order chi connectivity index (χ0) is 17.1. The molecule has 0 bridgehead atoms. The van der Waals surface area contributed by atoms with Crippen molar-refractivity contribution in [3.8, 4) is 5.75 Å². The molecule has 1 aromatic carbocycles. The maximum absolute atomic E-state index is 12.1. The van der Waals surface area contributed by atoms with Crippen molar-refractivity contribution >= 4 is 45.0 Å². The largest absolute Gasteiger partial charge is 0.497 e. The van der Waals surface area contributed by atoms with Gasteiger partial charge in [0.25, 0.3) is 0 Å². The molecular weight excluding hydrogens is 342 g/mol. The smallest absolute Gasteiger partial charge is 0.236 e. The van der Waals surface area contributed by atoms with Crippen molar-refractivity contribution in [2.75, 3.05) is 18.2 Å². The third-order valence-electron chi connectivity index (χ3n) is 3.33. The third kappa shape index (κ3) is 3.85. The lowest BCUT2D eigenvalue weighted by Gasteiger charge is -2.09. The van der Waals surface area contributed by atoms with E-state index in [1.807, 2.05) is 43.5 Å². The lowest BCUT2D eigenvalue weighted by molar-refractivity contribution is -0.113. The number of ether oxygens (including phenoxy) is 1. The standard InChI is InChI=1S/C17H17N3O2S2/c1-10-6-15(13-7-12(22-3)4-5-14(13)18-10)23-9-16(21)20-17-19-11(2)8-24-17/h4-8H,9H2,1-3H3,(H,19,20,21). The monoisotopic (exact) mass is 359 g/mol. The van der Waals surface area contributed by atoms with E-state index in [9.17, 15) is 4.79 Å². The number of hydrogen-bond acceptors (Lipinski definition) is 6. The van der Waals surface area contributed by atoms with Crippen LogP contribution in [0.4, 0.5) is 5.13 Å². The average molecular weight is 359 g/mol. The number of nitrogens with zero attached hydrogens (tertiary/aromatic N) is 2. The molecular formula is C17H17N3O2S2. The predicted octanol–water partition coefficient (Wildman–Crippen LogP) is 4.05. The summed E-state index contributed by atoms with van der Waals surface area (Å²) in [5, 5.41) is 6.36. The highest BCUT2D eigenvalue weighted by Gasteiger charge is 2.10. The van der Waals surface area contributed by atoms with Crippen LogP contribution in [0, 0.1) is 13.8 Å². The first-order valence-corrected chi connectivity index (χ1v) is 9.22. The normalized spacial score (nSPS) is 10.8. The van der Waals surface area contributed by atoms with E-state index in [1.165, 1.54) is 23.1 Å². The quantitative estimate of drug-likeness (QED) is 0.696. The van der Waals surface area contributed by atoms with E-state index in [2.05, 4.69) is 15.3 Å². The minimum Gasteiger partial charge on any atom is -0.497 e. The summed E-state index contributed by atoms with van der Waals surface area (Å²) in [6.45, 7) is 3.85. The number of thiazole rings is 1. The summed E-state index contributed by atoms with van der Waals surface area (Å²) in [4.78, 5) is 21.9. The van der Waals surface area contributed by atoms with E-state index in [0.29, 0.717) is 10.9 Å². The maximum atomic E-state index is 12.1. The number of aryl methyl sites for hydroxylation is 2. The zero-order valence-electron chi connectivity index (χ0n) is 13.6. The van der Waals surface area contributed by atoms with E-state index in [0.717, 1.165) is 32.9 Å². The van der Waals surface area contributed by atoms with Crippen molar-refractivity contribution < 1.29 is 9.53 Å². The third-order valence-corrected chi connectivity index (χ3v) is 5.26. The number of thioether (sulfide) groups is 1. The summed E-state index contributed by atoms with van der Waals surface area (Å²) in [6, 6.07) is 7.77. The van der Waals surface area contributed by atoms with Gasteiger partial charge in [0.1, 0.15) is 5.75 Å². The van der Waals surface area contributed by atoms with Gasteiger partial charge < -0.3 is 10.1 Å². The summed E-state index contributed by atoms with van der Waals surface area (Å²) >= 11 is 2.92. The predicted molar refractivity (Wildman–Crippen MR) is 99.2 cm³/mol. The molecule has 3 rings (SSSR count). The molecule has 0 unspecified atom stereocenters. The van der Waals surface area contributed by atoms with Gasteiger partial charge in [-0.25, -0.2) is 4.98 Å². The SMILES string of the molecule is COc1ccc2nc(C)cc(SCC(=O)Nc3nc(C)cs3)c2c1. The van der Waals surface area contributed by atoms with Crippen LogP contribution in [-0.4, -0.2) is 28.7 Å². The number of pyridine rings is 1. The Hall–Kier alpha value is -2.12. The van der Waals surface area contributed by atoms with Gasteiger partial charge in [0, 0.05) is 21.4 Å². The van der Waals surface area contributed by atoms with Crippen molar-refractivity contribution in [1.82, 2.24) is 9.97 Å². The van der Waals surface area contributed by atoms with Crippen LogP contribution in [0.1, 0.15) is 11.4 Å². The van der Waals surface area contributed by atoms with Gasteiger partial charge in [-0.05, 0) is 38.1 Å². The van der Waals surface area contributed by atoms with Gasteiger partial charge in [0.15, 0.2) is 5.13 Å². The number of aromatic nitrogens is 2. The number of rotatable bonds is 5. The minimum absolute atomic E-state index is 0.0696. The topological polar surface area (TPSA) is 64.1 Å². The van der Waals surface area contributed by atoms with E-state index < -0.39 is 0 Å². The van der Waals surface area contributed by atoms with E-state index in [4.69, 9.17) is 4.74 Å². The number of fused-ring (bicyclic) bond motifs is 1. The summed E-state index contributed by atoms with van der Waals surface area (Å²) < 4.78 is 5.29. The molecule has 0 aliphatic carbocycles. The first kappa shape index (κ1) is 16.7. The first-order chi connectivity index (χ1) is 11.5. The number of hydrogen-bond donors (Lipinski definition) is 1. The number of anilines is 1. The van der Waals surface area contributed by atoms with E-state index in [-0.39, 0.29) is 5.91 Å². The fourth-order valence-corrected chi connectivity index (χ4v) is 3.89. The molecule has 2 heterocycles. The Kier molecular flexibility index (Phi) is 5.01. The van der Waals surface area contributed by atoms with Gasteiger partial charge in [0.2, 0.25) is 5.91 Å². The highest BCUT2D eigenvalue weighted by atomic mass is 32.2. The van der Waals surface area contributed by atoms with Crippen LogP contribution in [0.25, 0.3) is 10.9 Å². The second kappa shape index (κ2) is 7.19. The van der Waals surface area contributed by atoms with Gasteiger partial charge >= 0.3 is 0 Å². The molecule has 2 aromatic heterocycles. The molecule has 0 fully saturated rings. The minimum atomic E-state index is -0.0696. The maximum Gasteiger partial charge on any atom is 0.236 e. The molecule has 7 heteroatoms. The van der Waals surface area contributed by atoms with Crippen LogP contribution in [0.5, 0.6) is 5.75 Å². The molecule has 0 spiro atoms. The molecule has 3 aromatic rings. The van der Waals surface area contributed by atoms with Gasteiger partial charge in [-0.3, -0.25) is 9.78 Å². The Morgan fingerprint density at radius 3 is 2.79 bits per heavy atom. The molecule has 124 valence electrons. The summed E-state index contributed by atoms with van der Waals surface area (Å²) in [6.07, 6.45) is 0. The molecule has 24 heavy (non-hydrogen) atoms. The van der Waals surface area contributed by atoms with E-state index >= 15 is 0 Å². The van der Waals surface area contributed by atoms with Crippen molar-refractivity contribution in [2.45, 2.75) is 18.7 Å². The highest BCUT2D eigenvalue weighted by Crippen LogP contribution is 2.30. The van der Waals surface area contributed by atoms with Crippen LogP contribution >= 0.6 is 23.1 Å². The van der Waals surface area contributed by atoms with Crippen molar-refractivity contribution in [1.29, 1.82) is 0 Å². The van der Waals surface area contributed by atoms with Gasteiger partial charge in [0.05, 0.1) is 24.1 Å². The van der Waals surface area contributed by atoms with Gasteiger partial charge in [-0.15, -0.1) is 23.1 Å². The lowest BCUT2D eigenvalue weighted by atomic mass is 10.2.